The molecule has 0 radical (unpaired) electrons. The van der Waals surface area contributed by atoms with Gasteiger partial charge in [0.15, 0.2) is 0 Å². The van der Waals surface area contributed by atoms with Crippen molar-refractivity contribution in [3.05, 3.63) is 30.5 Å². The van der Waals surface area contributed by atoms with Crippen LogP contribution in [0.1, 0.15) is 0 Å². The number of nitrogens with zero attached hydrogens (tertiary/aromatic N) is 2. The lowest BCUT2D eigenvalue weighted by Gasteiger charge is -2.21. The molecule has 2 rings (SSSR count). The summed E-state index contributed by atoms with van der Waals surface area (Å²) < 4.78 is 5.09. The molecular weight excluding hydrogens is 214 g/mol. The second-order valence-electron chi connectivity index (χ2n) is 3.99. The van der Waals surface area contributed by atoms with Gasteiger partial charge in [-0.2, -0.15) is 0 Å². The normalized spacial score (nSPS) is 10.7. The van der Waals surface area contributed by atoms with E-state index in [1.165, 1.54) is 0 Å². The number of ether oxygens (including phenoxy) is 1. The van der Waals surface area contributed by atoms with Crippen molar-refractivity contribution >= 4 is 22.3 Å². The van der Waals surface area contributed by atoms with Gasteiger partial charge in [0.2, 0.25) is 0 Å². The van der Waals surface area contributed by atoms with Crippen molar-refractivity contribution in [2.75, 3.05) is 37.9 Å². The van der Waals surface area contributed by atoms with Gasteiger partial charge in [-0.1, -0.05) is 0 Å². The molecule has 1 heterocycles. The number of fused-ring (bicyclic) bond motifs is 1. The van der Waals surface area contributed by atoms with Crippen molar-refractivity contribution in [1.29, 1.82) is 0 Å². The maximum Gasteiger partial charge on any atom is 0.0951 e. The van der Waals surface area contributed by atoms with E-state index in [9.17, 15) is 0 Å². The Morgan fingerprint density at radius 2 is 2.18 bits per heavy atom. The monoisotopic (exact) mass is 231 g/mol. The van der Waals surface area contributed by atoms with E-state index in [0.29, 0.717) is 12.3 Å². The zero-order valence-electron chi connectivity index (χ0n) is 10.2. The fraction of sp³-hybridized carbons (Fsp3) is 0.308. The van der Waals surface area contributed by atoms with Gasteiger partial charge in [-0.15, -0.1) is 0 Å². The van der Waals surface area contributed by atoms with E-state index >= 15 is 0 Å². The minimum Gasteiger partial charge on any atom is -0.397 e. The highest BCUT2D eigenvalue weighted by atomic mass is 16.5. The first-order chi connectivity index (χ1) is 8.24. The van der Waals surface area contributed by atoms with Gasteiger partial charge in [0.25, 0.3) is 0 Å². The minimum absolute atomic E-state index is 0.697. The molecule has 17 heavy (non-hydrogen) atoms. The first-order valence-electron chi connectivity index (χ1n) is 5.57. The fourth-order valence-corrected chi connectivity index (χ4v) is 1.86. The molecule has 0 saturated carbocycles. The maximum absolute atomic E-state index is 5.92. The maximum atomic E-state index is 5.92. The Morgan fingerprint density at radius 1 is 1.35 bits per heavy atom. The molecule has 0 saturated heterocycles. The number of nitrogen functional groups attached to an aromatic ring is 1. The Balaban J connectivity index is 2.44. The summed E-state index contributed by atoms with van der Waals surface area (Å²) in [5.41, 5.74) is 8.61. The molecule has 0 aliphatic heterocycles. The molecule has 0 aliphatic carbocycles. The third-order valence-corrected chi connectivity index (χ3v) is 2.82. The SMILES string of the molecule is COCCN(C)c1ccc(N)c2ncccc12. The van der Waals surface area contributed by atoms with E-state index in [1.54, 1.807) is 13.3 Å². The lowest BCUT2D eigenvalue weighted by molar-refractivity contribution is 0.206. The quantitative estimate of drug-likeness (QED) is 0.816. The molecule has 2 N–H and O–H groups in total. The lowest BCUT2D eigenvalue weighted by Crippen LogP contribution is -2.22. The standard InChI is InChI=1S/C13H17N3O/c1-16(8-9-17-2)12-6-5-11(14)13-10(12)4-3-7-15-13/h3-7H,8-9,14H2,1-2H3. The highest BCUT2D eigenvalue weighted by Gasteiger charge is 2.08. The number of aromatic nitrogens is 1. The van der Waals surface area contributed by atoms with Crippen molar-refractivity contribution in [2.24, 2.45) is 0 Å². The molecule has 0 aliphatic rings. The molecule has 1 aromatic heterocycles. The van der Waals surface area contributed by atoms with Crippen molar-refractivity contribution < 1.29 is 4.74 Å². The number of hydrogen-bond acceptors (Lipinski definition) is 4. The molecular formula is C13H17N3O. The molecule has 4 heteroatoms. The molecule has 0 spiro atoms. The number of anilines is 2. The highest BCUT2D eigenvalue weighted by molar-refractivity contribution is 5.98. The van der Waals surface area contributed by atoms with Gasteiger partial charge in [0.1, 0.15) is 0 Å². The Labute approximate surface area is 101 Å². The fourth-order valence-electron chi connectivity index (χ4n) is 1.86. The van der Waals surface area contributed by atoms with Gasteiger partial charge in [-0.3, -0.25) is 4.98 Å². The van der Waals surface area contributed by atoms with Gasteiger partial charge in [0.05, 0.1) is 17.8 Å². The summed E-state index contributed by atoms with van der Waals surface area (Å²) in [5.74, 6) is 0. The third-order valence-electron chi connectivity index (χ3n) is 2.82. The minimum atomic E-state index is 0.697. The molecule has 90 valence electrons. The molecule has 0 amide bonds. The second-order valence-corrected chi connectivity index (χ2v) is 3.99. The van der Waals surface area contributed by atoms with Gasteiger partial charge in [-0.05, 0) is 24.3 Å². The van der Waals surface area contributed by atoms with E-state index in [2.05, 4.69) is 9.88 Å². The topological polar surface area (TPSA) is 51.4 Å². The Hall–Kier alpha value is -1.81. The number of nitrogens with two attached hydrogens (primary N) is 1. The van der Waals surface area contributed by atoms with Crippen LogP contribution >= 0.6 is 0 Å². The average molecular weight is 231 g/mol. The van der Waals surface area contributed by atoms with Crippen LogP contribution in [0.25, 0.3) is 10.9 Å². The predicted octanol–water partition coefficient (Wildman–Crippen LogP) is 1.90. The number of methoxy groups -OCH3 is 1. The van der Waals surface area contributed by atoms with Crippen molar-refractivity contribution in [3.8, 4) is 0 Å². The van der Waals surface area contributed by atoms with Crippen LogP contribution < -0.4 is 10.6 Å². The first-order valence-corrected chi connectivity index (χ1v) is 5.57. The van der Waals surface area contributed by atoms with Crippen LogP contribution in [0.15, 0.2) is 30.5 Å². The number of rotatable bonds is 4. The summed E-state index contributed by atoms with van der Waals surface area (Å²) in [5, 5.41) is 1.08. The summed E-state index contributed by atoms with van der Waals surface area (Å²) in [6.45, 7) is 1.53. The van der Waals surface area contributed by atoms with E-state index in [-0.39, 0.29) is 0 Å². The predicted molar refractivity (Wildman–Crippen MR) is 71.3 cm³/mol. The van der Waals surface area contributed by atoms with E-state index in [1.807, 2.05) is 31.3 Å². The van der Waals surface area contributed by atoms with Crippen LogP contribution in [-0.2, 0) is 4.74 Å². The molecule has 1 aromatic carbocycles. The molecule has 4 nitrogen and oxygen atoms in total. The molecule has 0 atom stereocenters. The van der Waals surface area contributed by atoms with E-state index in [4.69, 9.17) is 10.5 Å². The van der Waals surface area contributed by atoms with Crippen LogP contribution in [-0.4, -0.2) is 32.3 Å². The molecule has 0 fully saturated rings. The van der Waals surface area contributed by atoms with Gasteiger partial charge < -0.3 is 15.4 Å². The van der Waals surface area contributed by atoms with Gasteiger partial charge in [0, 0.05) is 38.0 Å². The first kappa shape index (κ1) is 11.7. The smallest absolute Gasteiger partial charge is 0.0951 e. The highest BCUT2D eigenvalue weighted by Crippen LogP contribution is 2.28. The number of pyridine rings is 1. The lowest BCUT2D eigenvalue weighted by atomic mass is 10.1. The van der Waals surface area contributed by atoms with Crippen molar-refractivity contribution in [1.82, 2.24) is 4.98 Å². The number of likely N-dealkylation sites (N-methyl/N-ethyl adjacent to an activating group) is 1. The zero-order valence-corrected chi connectivity index (χ0v) is 10.2. The molecule has 2 aromatic rings. The van der Waals surface area contributed by atoms with Crippen LogP contribution in [0, 0.1) is 0 Å². The van der Waals surface area contributed by atoms with Crippen LogP contribution in [0.5, 0.6) is 0 Å². The summed E-state index contributed by atoms with van der Waals surface area (Å²) in [7, 11) is 3.74. The number of hydrogen-bond donors (Lipinski definition) is 1. The van der Waals surface area contributed by atoms with E-state index < -0.39 is 0 Å². The summed E-state index contributed by atoms with van der Waals surface area (Å²) in [6, 6.07) is 7.88. The molecule has 0 unspecified atom stereocenters. The number of benzene rings is 1. The Kier molecular flexibility index (Phi) is 3.44. The molecule has 0 bridgehead atoms. The summed E-state index contributed by atoms with van der Waals surface area (Å²) >= 11 is 0. The largest absolute Gasteiger partial charge is 0.397 e. The second kappa shape index (κ2) is 5.01. The van der Waals surface area contributed by atoms with Gasteiger partial charge in [-0.25, -0.2) is 0 Å². The third kappa shape index (κ3) is 2.31. The van der Waals surface area contributed by atoms with Crippen LogP contribution in [0.3, 0.4) is 0 Å². The summed E-state index contributed by atoms with van der Waals surface area (Å²) in [6.07, 6.45) is 1.76. The van der Waals surface area contributed by atoms with Gasteiger partial charge >= 0.3 is 0 Å². The van der Waals surface area contributed by atoms with Crippen LogP contribution in [0.4, 0.5) is 11.4 Å². The van der Waals surface area contributed by atoms with Crippen molar-refractivity contribution in [2.45, 2.75) is 0 Å². The van der Waals surface area contributed by atoms with Crippen molar-refractivity contribution in [3.63, 3.8) is 0 Å². The Bertz CT molecular complexity index is 513. The van der Waals surface area contributed by atoms with E-state index in [0.717, 1.165) is 23.1 Å². The van der Waals surface area contributed by atoms with Crippen LogP contribution in [0.2, 0.25) is 0 Å². The Morgan fingerprint density at radius 3 is 2.94 bits per heavy atom. The zero-order chi connectivity index (χ0) is 12.3. The average Bonchev–Trinajstić information content (AvgIpc) is 2.37. The summed E-state index contributed by atoms with van der Waals surface area (Å²) in [4.78, 5) is 6.47.